The zero-order valence-electron chi connectivity index (χ0n) is 37.1. The predicted molar refractivity (Wildman–Crippen MR) is 241 cm³/mol. The Morgan fingerprint density at radius 3 is 1.16 bits per heavy atom. The Hall–Kier alpha value is -1.17. The van der Waals surface area contributed by atoms with Crippen molar-refractivity contribution in [3.8, 4) is 0 Å². The Balaban J connectivity index is 3.63. The maximum absolute atomic E-state index is 12.4. The summed E-state index contributed by atoms with van der Waals surface area (Å²) in [6, 6.07) is -0.758. The molecule has 0 aliphatic carbocycles. The summed E-state index contributed by atoms with van der Waals surface area (Å²) < 4.78 is 0. The molecule has 0 aromatic rings. The molecule has 0 saturated carbocycles. The highest BCUT2D eigenvalue weighted by Gasteiger charge is 2.20. The molecule has 0 bridgehead atoms. The van der Waals surface area contributed by atoms with Gasteiger partial charge in [0.15, 0.2) is 0 Å². The summed E-state index contributed by atoms with van der Waals surface area (Å²) in [7, 11) is 0. The predicted octanol–water partition coefficient (Wildman–Crippen LogP) is 14.6. The summed E-state index contributed by atoms with van der Waals surface area (Å²) in [6.45, 7) is 4.22. The van der Waals surface area contributed by atoms with Crippen LogP contribution in [0.2, 0.25) is 0 Å². The molecule has 0 rings (SSSR count). The second kappa shape index (κ2) is 45.5. The Bertz CT molecular complexity index is 814. The summed E-state index contributed by atoms with van der Waals surface area (Å²) in [5, 5.41) is 33.3. The molecule has 55 heavy (non-hydrogen) atoms. The molecule has 5 nitrogen and oxygen atoms in total. The lowest BCUT2D eigenvalue weighted by molar-refractivity contribution is -0.124. The number of aliphatic hydroxyl groups excluding tert-OH is 3. The van der Waals surface area contributed by atoms with E-state index in [1.54, 1.807) is 6.08 Å². The van der Waals surface area contributed by atoms with Gasteiger partial charge in [-0.25, -0.2) is 0 Å². The summed E-state index contributed by atoms with van der Waals surface area (Å²) in [6.07, 6.45) is 56.3. The van der Waals surface area contributed by atoms with Gasteiger partial charge in [-0.2, -0.15) is 0 Å². The minimum absolute atomic E-state index is 0.00976. The third kappa shape index (κ3) is 42.3. The smallest absolute Gasteiger partial charge is 0.222 e. The van der Waals surface area contributed by atoms with Gasteiger partial charge in [-0.15, -0.1) is 0 Å². The van der Waals surface area contributed by atoms with Crippen LogP contribution in [0.15, 0.2) is 24.3 Å². The minimum Gasteiger partial charge on any atom is -0.394 e. The number of allylic oxidation sites excluding steroid dienone is 3. The molecular weight excluding hydrogens is 679 g/mol. The molecule has 3 atom stereocenters. The van der Waals surface area contributed by atoms with Gasteiger partial charge < -0.3 is 20.6 Å². The lowest BCUT2D eigenvalue weighted by Crippen LogP contribution is -2.45. The molecular formula is C50H97NO4. The Morgan fingerprint density at radius 2 is 0.782 bits per heavy atom. The van der Waals surface area contributed by atoms with Crippen molar-refractivity contribution in [3.05, 3.63) is 24.3 Å². The van der Waals surface area contributed by atoms with E-state index in [0.29, 0.717) is 6.42 Å². The van der Waals surface area contributed by atoms with Gasteiger partial charge in [0.05, 0.1) is 31.3 Å². The number of aliphatic hydroxyl groups is 3. The van der Waals surface area contributed by atoms with E-state index in [-0.39, 0.29) is 18.9 Å². The summed E-state index contributed by atoms with van der Waals surface area (Å²) in [4.78, 5) is 12.4. The van der Waals surface area contributed by atoms with Crippen LogP contribution in [0.5, 0.6) is 0 Å². The quantitative estimate of drug-likeness (QED) is 0.0366. The van der Waals surface area contributed by atoms with E-state index in [0.717, 1.165) is 32.1 Å². The molecule has 3 unspecified atom stereocenters. The van der Waals surface area contributed by atoms with Crippen molar-refractivity contribution in [2.45, 2.75) is 283 Å². The fourth-order valence-electron chi connectivity index (χ4n) is 7.71. The van der Waals surface area contributed by atoms with Gasteiger partial charge in [0, 0.05) is 0 Å². The summed E-state index contributed by atoms with van der Waals surface area (Å²) in [5.41, 5.74) is 0. The zero-order chi connectivity index (χ0) is 40.1. The van der Waals surface area contributed by atoms with Crippen molar-refractivity contribution < 1.29 is 20.1 Å². The molecule has 326 valence electrons. The van der Waals surface area contributed by atoms with Crippen LogP contribution < -0.4 is 5.32 Å². The Morgan fingerprint density at radius 1 is 0.455 bits per heavy atom. The van der Waals surface area contributed by atoms with Crippen LogP contribution in [-0.2, 0) is 4.79 Å². The van der Waals surface area contributed by atoms with E-state index < -0.39 is 18.2 Å². The molecule has 0 saturated heterocycles. The largest absolute Gasteiger partial charge is 0.394 e. The third-order valence-corrected chi connectivity index (χ3v) is 11.5. The monoisotopic (exact) mass is 776 g/mol. The van der Waals surface area contributed by atoms with E-state index in [4.69, 9.17) is 0 Å². The van der Waals surface area contributed by atoms with Crippen LogP contribution in [-0.4, -0.2) is 46.1 Å². The highest BCUT2D eigenvalue weighted by atomic mass is 16.3. The fourth-order valence-corrected chi connectivity index (χ4v) is 7.71. The van der Waals surface area contributed by atoms with E-state index >= 15 is 0 Å². The number of hydrogen-bond donors (Lipinski definition) is 4. The van der Waals surface area contributed by atoms with Crippen molar-refractivity contribution in [2.75, 3.05) is 6.61 Å². The van der Waals surface area contributed by atoms with Gasteiger partial charge in [-0.05, 0) is 32.1 Å². The molecule has 0 spiro atoms. The third-order valence-electron chi connectivity index (χ3n) is 11.5. The van der Waals surface area contributed by atoms with Crippen molar-refractivity contribution in [1.82, 2.24) is 5.32 Å². The molecule has 1 amide bonds. The summed E-state index contributed by atoms with van der Waals surface area (Å²) >= 11 is 0. The molecule has 5 heteroatoms. The van der Waals surface area contributed by atoms with Gasteiger partial charge in [0.25, 0.3) is 0 Å². The van der Waals surface area contributed by atoms with Crippen molar-refractivity contribution in [2.24, 2.45) is 0 Å². The van der Waals surface area contributed by atoms with E-state index in [1.165, 1.54) is 205 Å². The number of unbranched alkanes of at least 4 members (excludes halogenated alkanes) is 34. The van der Waals surface area contributed by atoms with Crippen LogP contribution in [0.3, 0.4) is 0 Å². The number of hydrogen-bond acceptors (Lipinski definition) is 4. The van der Waals surface area contributed by atoms with Crippen LogP contribution in [0, 0.1) is 0 Å². The van der Waals surface area contributed by atoms with Gasteiger partial charge in [-0.1, -0.05) is 250 Å². The molecule has 0 heterocycles. The average molecular weight is 776 g/mol. The SMILES string of the molecule is CCCCCCCCCCCCCCCCCCCCC/C=C/CC/C=C/C(O)C(CO)NC(=O)CC(O)CCCCCCCCCCCCCCCCC. The number of carbonyl (C=O) groups is 1. The lowest BCUT2D eigenvalue weighted by Gasteiger charge is -2.21. The van der Waals surface area contributed by atoms with E-state index in [1.807, 2.05) is 6.08 Å². The first-order valence-electron chi connectivity index (χ1n) is 24.6. The molecule has 0 aliphatic rings. The molecule has 0 fully saturated rings. The second-order valence-corrected chi connectivity index (χ2v) is 17.1. The average Bonchev–Trinajstić information content (AvgIpc) is 3.18. The van der Waals surface area contributed by atoms with Crippen molar-refractivity contribution in [3.63, 3.8) is 0 Å². The number of nitrogens with one attached hydrogen (secondary N) is 1. The van der Waals surface area contributed by atoms with Gasteiger partial charge in [0.2, 0.25) is 5.91 Å². The highest BCUT2D eigenvalue weighted by molar-refractivity contribution is 5.76. The van der Waals surface area contributed by atoms with Gasteiger partial charge in [0.1, 0.15) is 0 Å². The lowest BCUT2D eigenvalue weighted by atomic mass is 10.0. The topological polar surface area (TPSA) is 89.8 Å². The number of carbonyl (C=O) groups excluding carboxylic acids is 1. The van der Waals surface area contributed by atoms with Crippen molar-refractivity contribution in [1.29, 1.82) is 0 Å². The van der Waals surface area contributed by atoms with Gasteiger partial charge >= 0.3 is 0 Å². The Kier molecular flexibility index (Phi) is 44.6. The highest BCUT2D eigenvalue weighted by Crippen LogP contribution is 2.17. The first kappa shape index (κ1) is 53.8. The number of rotatable bonds is 45. The fraction of sp³-hybridized carbons (Fsp3) is 0.900. The van der Waals surface area contributed by atoms with Crippen LogP contribution in [0.1, 0.15) is 264 Å². The first-order valence-corrected chi connectivity index (χ1v) is 24.6. The zero-order valence-corrected chi connectivity index (χ0v) is 37.1. The van der Waals surface area contributed by atoms with Gasteiger partial charge in [-0.3, -0.25) is 4.79 Å². The van der Waals surface area contributed by atoms with Crippen molar-refractivity contribution >= 4 is 5.91 Å². The Labute approximate surface area is 343 Å². The molecule has 0 radical (unpaired) electrons. The number of amides is 1. The van der Waals surface area contributed by atoms with Crippen LogP contribution >= 0.6 is 0 Å². The normalized spacial score (nSPS) is 13.6. The maximum atomic E-state index is 12.4. The first-order chi connectivity index (χ1) is 27.0. The molecule has 0 aromatic carbocycles. The standard InChI is InChI=1S/C50H97NO4/c1-3-5-7-9-11-13-15-17-19-20-21-22-23-24-25-26-27-28-30-32-34-36-38-40-42-44-49(54)48(46-52)51-50(55)45-47(53)43-41-39-37-35-33-31-29-18-16-14-12-10-8-6-4-2/h34,36,42,44,47-49,52-54H,3-33,35,37-41,43,45-46H2,1-2H3,(H,51,55)/b36-34+,44-42+. The second-order valence-electron chi connectivity index (χ2n) is 17.1. The van der Waals surface area contributed by atoms with E-state index in [9.17, 15) is 20.1 Å². The maximum Gasteiger partial charge on any atom is 0.222 e. The van der Waals surface area contributed by atoms with E-state index in [2.05, 4.69) is 31.3 Å². The molecule has 4 N–H and O–H groups in total. The summed E-state index contributed by atoms with van der Waals surface area (Å²) in [5.74, 6) is -0.322. The molecule has 0 aliphatic heterocycles. The van der Waals surface area contributed by atoms with Crippen LogP contribution in [0.25, 0.3) is 0 Å². The molecule has 0 aromatic heterocycles. The van der Waals surface area contributed by atoms with Crippen LogP contribution in [0.4, 0.5) is 0 Å². The minimum atomic E-state index is -0.949.